The molecular formula is C14H10N2O5. The van der Waals surface area contributed by atoms with Gasteiger partial charge in [-0.3, -0.25) is 9.59 Å². The van der Waals surface area contributed by atoms with E-state index in [1.54, 1.807) is 12.1 Å². The maximum atomic E-state index is 12.0. The van der Waals surface area contributed by atoms with Crippen molar-refractivity contribution in [2.24, 2.45) is 0 Å². The standard InChI is InChI=1S/C14H10N2O5/c1-2-8-7-11(15-20-8)14(19)21-16-12(17)9-5-3-4-6-10(9)13(16)18/h3-7H,2H2,1H3. The van der Waals surface area contributed by atoms with Gasteiger partial charge in [0.05, 0.1) is 11.1 Å². The summed E-state index contributed by atoms with van der Waals surface area (Å²) in [5.41, 5.74) is 0.304. The maximum absolute atomic E-state index is 12.0. The highest BCUT2D eigenvalue weighted by Gasteiger charge is 2.39. The minimum atomic E-state index is -0.923. The van der Waals surface area contributed by atoms with E-state index in [0.29, 0.717) is 17.2 Å². The fourth-order valence-electron chi connectivity index (χ4n) is 1.96. The molecule has 2 heterocycles. The number of carbonyl (C=O) groups is 3. The van der Waals surface area contributed by atoms with Gasteiger partial charge in [0.25, 0.3) is 11.8 Å². The first-order valence-electron chi connectivity index (χ1n) is 6.27. The maximum Gasteiger partial charge on any atom is 0.385 e. The largest absolute Gasteiger partial charge is 0.385 e. The molecule has 2 amide bonds. The van der Waals surface area contributed by atoms with Gasteiger partial charge in [0, 0.05) is 12.5 Å². The van der Waals surface area contributed by atoms with Crippen LogP contribution in [0.5, 0.6) is 0 Å². The van der Waals surface area contributed by atoms with Crippen LogP contribution in [0.4, 0.5) is 0 Å². The molecule has 0 spiro atoms. The molecule has 7 nitrogen and oxygen atoms in total. The smallest absolute Gasteiger partial charge is 0.361 e. The number of hydrogen-bond donors (Lipinski definition) is 0. The predicted octanol–water partition coefficient (Wildman–Crippen LogP) is 1.60. The van der Waals surface area contributed by atoms with Gasteiger partial charge in [-0.05, 0) is 12.1 Å². The molecule has 106 valence electrons. The van der Waals surface area contributed by atoms with Crippen LogP contribution in [0.15, 0.2) is 34.9 Å². The molecule has 1 aliphatic heterocycles. The first-order valence-corrected chi connectivity index (χ1v) is 6.27. The van der Waals surface area contributed by atoms with Crippen LogP contribution in [0, 0.1) is 0 Å². The summed E-state index contributed by atoms with van der Waals surface area (Å²) in [7, 11) is 0. The number of aryl methyl sites for hydroxylation is 1. The Kier molecular flexibility index (Phi) is 3.02. The molecule has 0 aliphatic carbocycles. The van der Waals surface area contributed by atoms with Crippen molar-refractivity contribution in [2.45, 2.75) is 13.3 Å². The number of rotatable bonds is 3. The number of aromatic nitrogens is 1. The van der Waals surface area contributed by atoms with Crippen LogP contribution in [0.25, 0.3) is 0 Å². The van der Waals surface area contributed by atoms with E-state index in [1.165, 1.54) is 18.2 Å². The van der Waals surface area contributed by atoms with E-state index in [0.717, 1.165) is 0 Å². The summed E-state index contributed by atoms with van der Waals surface area (Å²) >= 11 is 0. The molecule has 3 rings (SSSR count). The summed E-state index contributed by atoms with van der Waals surface area (Å²) in [6.07, 6.45) is 0.563. The number of hydroxylamine groups is 2. The fraction of sp³-hybridized carbons (Fsp3) is 0.143. The van der Waals surface area contributed by atoms with Gasteiger partial charge < -0.3 is 9.36 Å². The van der Waals surface area contributed by atoms with E-state index >= 15 is 0 Å². The Balaban J connectivity index is 1.82. The third-order valence-corrected chi connectivity index (χ3v) is 3.05. The van der Waals surface area contributed by atoms with Gasteiger partial charge >= 0.3 is 5.97 Å². The van der Waals surface area contributed by atoms with Gasteiger partial charge in [0.15, 0.2) is 5.69 Å². The summed E-state index contributed by atoms with van der Waals surface area (Å²) in [6.45, 7) is 1.83. The number of hydrogen-bond acceptors (Lipinski definition) is 6. The van der Waals surface area contributed by atoms with Gasteiger partial charge in [-0.1, -0.05) is 29.3 Å². The second kappa shape index (κ2) is 4.86. The lowest BCUT2D eigenvalue weighted by Gasteiger charge is -2.10. The molecule has 1 aromatic heterocycles. The first-order chi connectivity index (χ1) is 10.1. The van der Waals surface area contributed by atoms with Gasteiger partial charge in [-0.2, -0.15) is 0 Å². The Hall–Kier alpha value is -2.96. The van der Waals surface area contributed by atoms with Crippen LogP contribution in [0.2, 0.25) is 0 Å². The molecule has 0 saturated carbocycles. The van der Waals surface area contributed by atoms with Gasteiger partial charge in [-0.25, -0.2) is 4.79 Å². The lowest BCUT2D eigenvalue weighted by molar-refractivity contribution is -0.0590. The Bertz CT molecular complexity index is 714. The van der Waals surface area contributed by atoms with Crippen LogP contribution in [0.1, 0.15) is 43.9 Å². The van der Waals surface area contributed by atoms with Crippen molar-refractivity contribution in [2.75, 3.05) is 0 Å². The zero-order valence-electron chi connectivity index (χ0n) is 11.0. The molecule has 0 bridgehead atoms. The van der Waals surface area contributed by atoms with Crippen molar-refractivity contribution in [1.82, 2.24) is 10.2 Å². The summed E-state index contributed by atoms with van der Waals surface area (Å²) < 4.78 is 4.88. The minimum Gasteiger partial charge on any atom is -0.361 e. The molecule has 0 unspecified atom stereocenters. The molecule has 21 heavy (non-hydrogen) atoms. The van der Waals surface area contributed by atoms with Gasteiger partial charge in [0.1, 0.15) is 5.76 Å². The average molecular weight is 286 g/mol. The average Bonchev–Trinajstić information content (AvgIpc) is 3.07. The number of nitrogens with zero attached hydrogens (tertiary/aromatic N) is 2. The third-order valence-electron chi connectivity index (χ3n) is 3.05. The van der Waals surface area contributed by atoms with Crippen molar-refractivity contribution in [3.8, 4) is 0 Å². The molecule has 0 N–H and O–H groups in total. The zero-order valence-corrected chi connectivity index (χ0v) is 11.0. The van der Waals surface area contributed by atoms with E-state index < -0.39 is 17.8 Å². The molecule has 1 aromatic carbocycles. The molecule has 0 saturated heterocycles. The van der Waals surface area contributed by atoms with E-state index in [1.807, 2.05) is 6.92 Å². The van der Waals surface area contributed by atoms with Crippen molar-refractivity contribution < 1.29 is 23.7 Å². The molecule has 0 fully saturated rings. The Labute approximate surface area is 119 Å². The number of benzene rings is 1. The first kappa shape index (κ1) is 13.0. The number of fused-ring (bicyclic) bond motifs is 1. The van der Waals surface area contributed by atoms with Crippen LogP contribution in [-0.2, 0) is 11.3 Å². The predicted molar refractivity (Wildman–Crippen MR) is 68.2 cm³/mol. The van der Waals surface area contributed by atoms with Gasteiger partial charge in [0.2, 0.25) is 0 Å². The van der Waals surface area contributed by atoms with E-state index in [4.69, 9.17) is 9.36 Å². The lowest BCUT2D eigenvalue weighted by Crippen LogP contribution is -2.32. The quantitative estimate of drug-likeness (QED) is 0.796. The Morgan fingerprint density at radius 2 is 1.86 bits per heavy atom. The van der Waals surface area contributed by atoms with Crippen LogP contribution in [0.3, 0.4) is 0 Å². The molecule has 0 radical (unpaired) electrons. The van der Waals surface area contributed by atoms with E-state index in [-0.39, 0.29) is 16.8 Å². The number of carbonyl (C=O) groups excluding carboxylic acids is 3. The molecule has 0 atom stereocenters. The van der Waals surface area contributed by atoms with Crippen LogP contribution in [-0.4, -0.2) is 28.0 Å². The SMILES string of the molecule is CCc1cc(C(=O)ON2C(=O)c3ccccc3C2=O)no1. The summed E-state index contributed by atoms with van der Waals surface area (Å²) in [4.78, 5) is 40.8. The highest BCUT2D eigenvalue weighted by Crippen LogP contribution is 2.23. The monoisotopic (exact) mass is 286 g/mol. The van der Waals surface area contributed by atoms with Crippen LogP contribution >= 0.6 is 0 Å². The fourth-order valence-corrected chi connectivity index (χ4v) is 1.96. The minimum absolute atomic E-state index is 0.0941. The topological polar surface area (TPSA) is 89.7 Å². The lowest BCUT2D eigenvalue weighted by atomic mass is 10.1. The normalized spacial score (nSPS) is 13.5. The Morgan fingerprint density at radius 1 is 1.24 bits per heavy atom. The summed E-state index contributed by atoms with van der Waals surface area (Å²) in [5.74, 6) is -1.77. The second-order valence-corrected chi connectivity index (χ2v) is 4.36. The second-order valence-electron chi connectivity index (χ2n) is 4.36. The van der Waals surface area contributed by atoms with Crippen molar-refractivity contribution in [3.63, 3.8) is 0 Å². The molecule has 1 aliphatic rings. The van der Waals surface area contributed by atoms with Crippen molar-refractivity contribution >= 4 is 17.8 Å². The number of imide groups is 1. The third kappa shape index (κ3) is 2.08. The van der Waals surface area contributed by atoms with E-state index in [9.17, 15) is 14.4 Å². The van der Waals surface area contributed by atoms with Crippen molar-refractivity contribution in [1.29, 1.82) is 0 Å². The van der Waals surface area contributed by atoms with Crippen LogP contribution < -0.4 is 0 Å². The number of amides is 2. The zero-order chi connectivity index (χ0) is 15.0. The van der Waals surface area contributed by atoms with Crippen molar-refractivity contribution in [3.05, 3.63) is 52.9 Å². The highest BCUT2D eigenvalue weighted by atomic mass is 16.7. The summed E-state index contributed by atoms with van der Waals surface area (Å²) in [5, 5.41) is 3.97. The molecule has 7 heteroatoms. The van der Waals surface area contributed by atoms with E-state index in [2.05, 4.69) is 5.16 Å². The molecule has 2 aromatic rings. The Morgan fingerprint density at radius 3 is 2.38 bits per heavy atom. The van der Waals surface area contributed by atoms with Gasteiger partial charge in [-0.15, -0.1) is 0 Å². The molecular weight excluding hydrogens is 276 g/mol. The highest BCUT2D eigenvalue weighted by molar-refractivity contribution is 6.21. The summed E-state index contributed by atoms with van der Waals surface area (Å²) in [6, 6.07) is 7.64.